The molecule has 0 unspecified atom stereocenters. The third-order valence-electron chi connectivity index (χ3n) is 9.74. The summed E-state index contributed by atoms with van der Waals surface area (Å²) in [6.45, 7) is 9.51. The number of carbonyl (C=O) groups excluding carboxylic acids is 3. The third kappa shape index (κ3) is 8.39. The molecule has 3 heterocycles. The Morgan fingerprint density at radius 1 is 0.962 bits per heavy atom. The number of anilines is 1. The number of nitrogens with zero attached hydrogens (tertiary/aromatic N) is 6. The summed E-state index contributed by atoms with van der Waals surface area (Å²) in [6, 6.07) is 7.98. The largest absolute Gasteiger partial charge is 0.383 e. The van der Waals surface area contributed by atoms with Gasteiger partial charge in [0.05, 0.1) is 51.9 Å². The Kier molecular flexibility index (Phi) is 12.2. The van der Waals surface area contributed by atoms with Crippen LogP contribution in [0, 0.1) is 31.4 Å². The molecule has 12 nitrogen and oxygen atoms in total. The lowest BCUT2D eigenvalue weighted by Crippen LogP contribution is -3.05. The normalized spacial score (nSPS) is 13.9. The van der Waals surface area contributed by atoms with Crippen LogP contribution in [0.5, 0.6) is 0 Å². The van der Waals surface area contributed by atoms with E-state index in [1.165, 1.54) is 34.0 Å². The van der Waals surface area contributed by atoms with Gasteiger partial charge in [0.25, 0.3) is 11.8 Å². The molecule has 1 aliphatic heterocycles. The number of carbonyl (C=O) groups is 3. The molecule has 1 aliphatic rings. The first kappa shape index (κ1) is 38.3. The maximum atomic E-state index is 15.5. The standard InChI is InChI=1S/C38H48F2N8O4/c1-24(12-13-44(4)5)20-33(49)46-14-16-47(17-15-46)38(51)28-9-8-27(21-25(28)2)43-37(50)36-41-23-32(45(36)6)30-11-10-29(34(39)35(30)40)31-22-42-48(26(31)3)18-19-52-7/h8-11,21-24H,12-20H2,1-7H3,(H,43,50)/p+1/t24-/m0/s1. The van der Waals surface area contributed by atoms with Gasteiger partial charge in [0, 0.05) is 80.4 Å². The molecule has 0 aliphatic carbocycles. The Bertz CT molecular complexity index is 1930. The highest BCUT2D eigenvalue weighted by molar-refractivity contribution is 6.03. The topological polar surface area (TPSA) is 119 Å². The van der Waals surface area contributed by atoms with Gasteiger partial charge in [0.2, 0.25) is 5.91 Å². The molecule has 2 aromatic carbocycles. The molecule has 2 aromatic heterocycles. The fraction of sp³-hybridized carbons (Fsp3) is 0.447. The summed E-state index contributed by atoms with van der Waals surface area (Å²) in [7, 11) is 7.34. The second-order valence-corrected chi connectivity index (χ2v) is 13.9. The van der Waals surface area contributed by atoms with Crippen molar-refractivity contribution in [3.05, 3.63) is 77.0 Å². The van der Waals surface area contributed by atoms with Gasteiger partial charge in [-0.15, -0.1) is 0 Å². The molecule has 3 amide bonds. The number of benzene rings is 2. The number of piperazine rings is 1. The molecule has 14 heteroatoms. The summed E-state index contributed by atoms with van der Waals surface area (Å²) in [4.78, 5) is 48.7. The minimum atomic E-state index is -1.06. The Labute approximate surface area is 303 Å². The first-order chi connectivity index (χ1) is 24.8. The van der Waals surface area contributed by atoms with E-state index in [1.807, 2.05) is 4.90 Å². The number of halogens is 2. The minimum Gasteiger partial charge on any atom is -0.383 e. The van der Waals surface area contributed by atoms with Gasteiger partial charge in [-0.2, -0.15) is 5.10 Å². The maximum Gasteiger partial charge on any atom is 0.291 e. The molecule has 52 heavy (non-hydrogen) atoms. The van der Waals surface area contributed by atoms with Crippen LogP contribution >= 0.6 is 0 Å². The van der Waals surface area contributed by atoms with E-state index in [4.69, 9.17) is 4.74 Å². The fourth-order valence-corrected chi connectivity index (χ4v) is 6.50. The summed E-state index contributed by atoms with van der Waals surface area (Å²) in [6.07, 6.45) is 4.33. The molecule has 5 rings (SSSR count). The number of amides is 3. The molecular formula is C38H49F2N8O4+. The summed E-state index contributed by atoms with van der Waals surface area (Å²) in [5.41, 5.74) is 3.04. The van der Waals surface area contributed by atoms with Crippen LogP contribution in [-0.4, -0.2) is 107 Å². The first-order valence-corrected chi connectivity index (χ1v) is 17.6. The monoisotopic (exact) mass is 719 g/mol. The number of imidazole rings is 1. The Hall–Kier alpha value is -4.95. The van der Waals surface area contributed by atoms with Crippen LogP contribution < -0.4 is 10.2 Å². The second-order valence-electron chi connectivity index (χ2n) is 13.9. The Morgan fingerprint density at radius 2 is 1.63 bits per heavy atom. The Morgan fingerprint density at radius 3 is 2.31 bits per heavy atom. The Balaban J connectivity index is 1.21. The van der Waals surface area contributed by atoms with Gasteiger partial charge in [-0.25, -0.2) is 13.8 Å². The van der Waals surface area contributed by atoms with Crippen molar-refractivity contribution < 1.29 is 32.8 Å². The van der Waals surface area contributed by atoms with Crippen LogP contribution in [-0.2, 0) is 23.1 Å². The predicted octanol–water partition coefficient (Wildman–Crippen LogP) is 3.59. The van der Waals surface area contributed by atoms with Crippen LogP contribution in [0.25, 0.3) is 22.4 Å². The van der Waals surface area contributed by atoms with Crippen molar-refractivity contribution in [3.8, 4) is 22.4 Å². The van der Waals surface area contributed by atoms with Crippen LogP contribution in [0.1, 0.15) is 52.0 Å². The lowest BCUT2D eigenvalue weighted by molar-refractivity contribution is -0.858. The van der Waals surface area contributed by atoms with Gasteiger partial charge < -0.3 is 29.3 Å². The molecular weight excluding hydrogens is 670 g/mol. The van der Waals surface area contributed by atoms with E-state index in [9.17, 15) is 14.4 Å². The molecule has 0 saturated carbocycles. The zero-order chi connectivity index (χ0) is 37.7. The zero-order valence-corrected chi connectivity index (χ0v) is 31.1. The summed E-state index contributed by atoms with van der Waals surface area (Å²) in [5, 5.41) is 7.07. The van der Waals surface area contributed by atoms with Crippen molar-refractivity contribution in [1.82, 2.24) is 29.1 Å². The molecule has 0 bridgehead atoms. The summed E-state index contributed by atoms with van der Waals surface area (Å²) < 4.78 is 39.2. The van der Waals surface area contributed by atoms with Gasteiger partial charge in [-0.05, 0) is 56.0 Å². The number of methoxy groups -OCH3 is 1. The third-order valence-corrected chi connectivity index (χ3v) is 9.74. The van der Waals surface area contributed by atoms with E-state index < -0.39 is 17.5 Å². The van der Waals surface area contributed by atoms with Crippen LogP contribution in [0.2, 0.25) is 0 Å². The number of quaternary nitrogens is 1. The van der Waals surface area contributed by atoms with Crippen molar-refractivity contribution in [2.45, 2.75) is 40.2 Å². The average molecular weight is 720 g/mol. The molecule has 278 valence electrons. The zero-order valence-electron chi connectivity index (χ0n) is 31.1. The SMILES string of the molecule is COCCn1ncc(-c2ccc(-c3cnc(C(=O)Nc4ccc(C(=O)N5CCN(C(=O)C[C@@H](C)CC[NH+](C)C)CC5)c(C)c4)n3C)c(F)c2F)c1C. The number of rotatable bonds is 13. The van der Waals surface area contributed by atoms with E-state index in [0.717, 1.165) is 13.0 Å². The smallest absolute Gasteiger partial charge is 0.291 e. The average Bonchev–Trinajstić information content (AvgIpc) is 3.68. The summed E-state index contributed by atoms with van der Waals surface area (Å²) in [5.74, 6) is -2.34. The van der Waals surface area contributed by atoms with E-state index in [0.29, 0.717) is 79.7 Å². The molecule has 2 N–H and O–H groups in total. The number of aromatic nitrogens is 4. The lowest BCUT2D eigenvalue weighted by atomic mass is 10.0. The predicted molar refractivity (Wildman–Crippen MR) is 194 cm³/mol. The van der Waals surface area contributed by atoms with Crippen LogP contribution in [0.4, 0.5) is 14.5 Å². The van der Waals surface area contributed by atoms with Gasteiger partial charge >= 0.3 is 0 Å². The molecule has 0 spiro atoms. The highest BCUT2D eigenvalue weighted by atomic mass is 19.2. The number of hydrogen-bond donors (Lipinski definition) is 2. The van der Waals surface area contributed by atoms with Gasteiger partial charge in [0.1, 0.15) is 0 Å². The second kappa shape index (κ2) is 16.6. The maximum absolute atomic E-state index is 15.5. The van der Waals surface area contributed by atoms with Crippen LogP contribution in [0.3, 0.4) is 0 Å². The van der Waals surface area contributed by atoms with Gasteiger partial charge in [0.15, 0.2) is 17.5 Å². The van der Waals surface area contributed by atoms with E-state index in [2.05, 4.69) is 36.4 Å². The van der Waals surface area contributed by atoms with Crippen molar-refractivity contribution in [2.75, 3.05) is 65.9 Å². The van der Waals surface area contributed by atoms with Crippen LogP contribution in [0.15, 0.2) is 42.7 Å². The number of hydrogen-bond acceptors (Lipinski definition) is 6. The van der Waals surface area contributed by atoms with Crippen molar-refractivity contribution in [2.24, 2.45) is 13.0 Å². The molecule has 0 radical (unpaired) electrons. The number of ether oxygens (including phenoxy) is 1. The minimum absolute atomic E-state index is 0.00687. The van der Waals surface area contributed by atoms with E-state index in [1.54, 1.807) is 55.8 Å². The highest BCUT2D eigenvalue weighted by Gasteiger charge is 2.27. The lowest BCUT2D eigenvalue weighted by Gasteiger charge is -2.35. The molecule has 1 fully saturated rings. The number of aryl methyl sites for hydroxylation is 1. The molecule has 1 saturated heterocycles. The van der Waals surface area contributed by atoms with E-state index >= 15 is 8.78 Å². The van der Waals surface area contributed by atoms with Gasteiger partial charge in [-0.3, -0.25) is 19.1 Å². The van der Waals surface area contributed by atoms with Crippen molar-refractivity contribution >= 4 is 23.4 Å². The van der Waals surface area contributed by atoms with Gasteiger partial charge in [-0.1, -0.05) is 13.0 Å². The van der Waals surface area contributed by atoms with Crippen molar-refractivity contribution in [3.63, 3.8) is 0 Å². The van der Waals surface area contributed by atoms with Crippen molar-refractivity contribution in [1.29, 1.82) is 0 Å². The fourth-order valence-electron chi connectivity index (χ4n) is 6.50. The quantitative estimate of drug-likeness (QED) is 0.218. The number of nitrogens with one attached hydrogen (secondary N) is 2. The van der Waals surface area contributed by atoms with E-state index in [-0.39, 0.29) is 34.5 Å². The first-order valence-electron chi connectivity index (χ1n) is 17.6. The summed E-state index contributed by atoms with van der Waals surface area (Å²) >= 11 is 0. The molecule has 1 atom stereocenters. The molecule has 4 aromatic rings. The highest BCUT2D eigenvalue weighted by Crippen LogP contribution is 2.33.